The quantitative estimate of drug-likeness (QED) is 0.318. The molecule has 1 unspecified atom stereocenters. The number of aromatic nitrogens is 4. The summed E-state index contributed by atoms with van der Waals surface area (Å²) in [5.74, 6) is 2.93. The Morgan fingerprint density at radius 2 is 1.55 bits per heavy atom. The van der Waals surface area contributed by atoms with Gasteiger partial charge in [-0.3, -0.25) is 0 Å². The Labute approximate surface area is 182 Å². The maximum atomic E-state index is 4.84. The van der Waals surface area contributed by atoms with Gasteiger partial charge in [-0.1, -0.05) is 70.2 Å². The molecule has 0 aliphatic heterocycles. The van der Waals surface area contributed by atoms with Gasteiger partial charge in [0.1, 0.15) is 11.6 Å². The van der Waals surface area contributed by atoms with Crippen LogP contribution in [0.5, 0.6) is 0 Å². The molecule has 0 aliphatic rings. The van der Waals surface area contributed by atoms with Crippen molar-refractivity contribution in [1.29, 1.82) is 0 Å². The molecule has 3 aromatic carbocycles. The number of fused-ring (bicyclic) bond motifs is 3. The van der Waals surface area contributed by atoms with Crippen molar-refractivity contribution in [3.8, 4) is 22.4 Å². The normalized spacial score (nSPS) is 12.8. The SMILES string of the molecule is CCC(C)c1ncc(-c2ccc(-c3ccc4c(ccc5[nH]c(C(C)C)nc54)c3)cc2)[nH]1. The number of rotatable bonds is 5. The maximum Gasteiger partial charge on any atom is 0.109 e. The third-order valence-corrected chi connectivity index (χ3v) is 6.24. The van der Waals surface area contributed by atoms with E-state index in [0.29, 0.717) is 11.8 Å². The van der Waals surface area contributed by atoms with Gasteiger partial charge in [-0.2, -0.15) is 0 Å². The molecule has 31 heavy (non-hydrogen) atoms. The largest absolute Gasteiger partial charge is 0.342 e. The van der Waals surface area contributed by atoms with Crippen molar-refractivity contribution in [2.24, 2.45) is 0 Å². The molecule has 2 aromatic heterocycles. The average Bonchev–Trinajstić information content (AvgIpc) is 3.46. The van der Waals surface area contributed by atoms with E-state index in [1.54, 1.807) is 0 Å². The van der Waals surface area contributed by atoms with E-state index >= 15 is 0 Å². The van der Waals surface area contributed by atoms with Crippen LogP contribution in [0.4, 0.5) is 0 Å². The zero-order valence-corrected chi connectivity index (χ0v) is 18.5. The van der Waals surface area contributed by atoms with Crippen LogP contribution < -0.4 is 0 Å². The van der Waals surface area contributed by atoms with E-state index in [-0.39, 0.29) is 0 Å². The highest BCUT2D eigenvalue weighted by Gasteiger charge is 2.11. The zero-order valence-electron chi connectivity index (χ0n) is 18.5. The summed E-state index contributed by atoms with van der Waals surface area (Å²) in [7, 11) is 0. The molecule has 2 heterocycles. The smallest absolute Gasteiger partial charge is 0.109 e. The van der Waals surface area contributed by atoms with E-state index in [1.165, 1.54) is 21.9 Å². The molecule has 0 spiro atoms. The summed E-state index contributed by atoms with van der Waals surface area (Å²) >= 11 is 0. The molecular formula is C27H28N4. The van der Waals surface area contributed by atoms with Crippen LogP contribution in [-0.4, -0.2) is 19.9 Å². The summed E-state index contributed by atoms with van der Waals surface area (Å²) in [4.78, 5) is 16.3. The zero-order chi connectivity index (χ0) is 21.5. The molecule has 4 heteroatoms. The molecule has 1 atom stereocenters. The second kappa shape index (κ2) is 7.69. The fourth-order valence-electron chi connectivity index (χ4n) is 4.04. The van der Waals surface area contributed by atoms with Crippen molar-refractivity contribution in [1.82, 2.24) is 19.9 Å². The predicted octanol–water partition coefficient (Wildman–Crippen LogP) is 7.41. The predicted molar refractivity (Wildman–Crippen MR) is 129 cm³/mol. The van der Waals surface area contributed by atoms with Gasteiger partial charge in [-0.25, -0.2) is 9.97 Å². The fraction of sp³-hybridized carbons (Fsp3) is 0.259. The molecule has 0 radical (unpaired) electrons. The number of nitrogens with zero attached hydrogens (tertiary/aromatic N) is 2. The minimum Gasteiger partial charge on any atom is -0.342 e. The molecule has 5 rings (SSSR count). The van der Waals surface area contributed by atoms with Crippen LogP contribution in [0.3, 0.4) is 0 Å². The average molecular weight is 409 g/mol. The van der Waals surface area contributed by atoms with Gasteiger partial charge >= 0.3 is 0 Å². The molecule has 156 valence electrons. The Morgan fingerprint density at radius 1 is 0.806 bits per heavy atom. The highest BCUT2D eigenvalue weighted by molar-refractivity contribution is 6.05. The summed E-state index contributed by atoms with van der Waals surface area (Å²) < 4.78 is 0. The van der Waals surface area contributed by atoms with Gasteiger partial charge in [0.2, 0.25) is 0 Å². The summed E-state index contributed by atoms with van der Waals surface area (Å²) in [5, 5.41) is 2.40. The van der Waals surface area contributed by atoms with E-state index in [1.807, 2.05) is 6.20 Å². The number of benzene rings is 3. The van der Waals surface area contributed by atoms with Crippen molar-refractivity contribution in [2.75, 3.05) is 0 Å². The van der Waals surface area contributed by atoms with E-state index in [9.17, 15) is 0 Å². The van der Waals surface area contributed by atoms with Crippen LogP contribution in [0.25, 0.3) is 44.2 Å². The first-order chi connectivity index (χ1) is 15.0. The first-order valence-electron chi connectivity index (χ1n) is 11.1. The highest BCUT2D eigenvalue weighted by atomic mass is 14.9. The monoisotopic (exact) mass is 408 g/mol. The summed E-state index contributed by atoms with van der Waals surface area (Å²) in [6.45, 7) is 8.71. The van der Waals surface area contributed by atoms with Crippen LogP contribution >= 0.6 is 0 Å². The van der Waals surface area contributed by atoms with Gasteiger partial charge in [-0.05, 0) is 40.6 Å². The Balaban J connectivity index is 1.47. The molecule has 5 aromatic rings. The lowest BCUT2D eigenvalue weighted by Crippen LogP contribution is -1.93. The standard InChI is InChI=1S/C27H28N4/c1-5-17(4)27-28-15-24(30-27)19-8-6-18(7-9-19)20-10-12-22-21(14-20)11-13-23-25(22)31-26(29-23)16(2)3/h6-17H,5H2,1-4H3,(H,28,30)(H,29,31). The van der Waals surface area contributed by atoms with Gasteiger partial charge in [0.15, 0.2) is 0 Å². The molecule has 0 fully saturated rings. The summed E-state index contributed by atoms with van der Waals surface area (Å²) in [5.41, 5.74) is 6.80. The maximum absolute atomic E-state index is 4.84. The van der Waals surface area contributed by atoms with E-state index in [4.69, 9.17) is 4.98 Å². The van der Waals surface area contributed by atoms with Gasteiger partial charge in [0.05, 0.1) is 22.9 Å². The first-order valence-corrected chi connectivity index (χ1v) is 11.1. The van der Waals surface area contributed by atoms with E-state index < -0.39 is 0 Å². The third-order valence-electron chi connectivity index (χ3n) is 6.24. The van der Waals surface area contributed by atoms with Crippen molar-refractivity contribution >= 4 is 21.8 Å². The third kappa shape index (κ3) is 3.52. The molecule has 4 nitrogen and oxygen atoms in total. The van der Waals surface area contributed by atoms with E-state index in [2.05, 4.69) is 97.2 Å². The minimum atomic E-state index is 0.386. The Morgan fingerprint density at radius 3 is 2.29 bits per heavy atom. The second-order valence-corrected chi connectivity index (χ2v) is 8.74. The first kappa shape index (κ1) is 19.6. The van der Waals surface area contributed by atoms with E-state index in [0.717, 1.165) is 40.4 Å². The van der Waals surface area contributed by atoms with Crippen LogP contribution in [0, 0.1) is 0 Å². The molecule has 0 saturated heterocycles. The molecule has 2 N–H and O–H groups in total. The second-order valence-electron chi connectivity index (χ2n) is 8.74. The Hall–Kier alpha value is -3.40. The van der Waals surface area contributed by atoms with Crippen LogP contribution in [0.1, 0.15) is 57.6 Å². The van der Waals surface area contributed by atoms with Crippen LogP contribution in [0.2, 0.25) is 0 Å². The summed E-state index contributed by atoms with van der Waals surface area (Å²) in [6.07, 6.45) is 3.02. The molecule has 0 amide bonds. The van der Waals surface area contributed by atoms with Gasteiger partial charge in [0, 0.05) is 17.2 Å². The number of aromatic amines is 2. The lowest BCUT2D eigenvalue weighted by molar-refractivity contribution is 0.689. The molecule has 0 bridgehead atoms. The van der Waals surface area contributed by atoms with Crippen LogP contribution in [-0.2, 0) is 0 Å². The highest BCUT2D eigenvalue weighted by Crippen LogP contribution is 2.31. The number of hydrogen-bond donors (Lipinski definition) is 2. The lowest BCUT2D eigenvalue weighted by atomic mass is 9.99. The lowest BCUT2D eigenvalue weighted by Gasteiger charge is -2.07. The Kier molecular flexibility index (Phi) is 4.85. The molecule has 0 aliphatic carbocycles. The number of hydrogen-bond acceptors (Lipinski definition) is 2. The Bertz CT molecular complexity index is 1360. The van der Waals surface area contributed by atoms with Crippen molar-refractivity contribution in [3.05, 3.63) is 72.4 Å². The van der Waals surface area contributed by atoms with Crippen molar-refractivity contribution in [3.63, 3.8) is 0 Å². The van der Waals surface area contributed by atoms with Gasteiger partial charge in [0.25, 0.3) is 0 Å². The number of H-pyrrole nitrogens is 2. The molecular weight excluding hydrogens is 380 g/mol. The molecule has 0 saturated carbocycles. The fourth-order valence-corrected chi connectivity index (χ4v) is 4.04. The van der Waals surface area contributed by atoms with Gasteiger partial charge < -0.3 is 9.97 Å². The number of nitrogens with one attached hydrogen (secondary N) is 2. The van der Waals surface area contributed by atoms with Crippen molar-refractivity contribution in [2.45, 2.75) is 46.0 Å². The van der Waals surface area contributed by atoms with Gasteiger partial charge in [-0.15, -0.1) is 0 Å². The minimum absolute atomic E-state index is 0.386. The summed E-state index contributed by atoms with van der Waals surface area (Å²) in [6, 6.07) is 19.7. The number of imidazole rings is 2. The topological polar surface area (TPSA) is 57.4 Å². The van der Waals surface area contributed by atoms with Crippen LogP contribution in [0.15, 0.2) is 60.8 Å². The van der Waals surface area contributed by atoms with Crippen molar-refractivity contribution < 1.29 is 0 Å².